The summed E-state index contributed by atoms with van der Waals surface area (Å²) >= 11 is 0. The van der Waals surface area contributed by atoms with Crippen molar-refractivity contribution in [3.05, 3.63) is 46.6 Å². The van der Waals surface area contributed by atoms with E-state index in [1.165, 1.54) is 10.6 Å². The molecule has 2 rings (SSSR count). The number of nitrogens with two attached hydrogens (primary N) is 1. The van der Waals surface area contributed by atoms with Crippen LogP contribution in [0.15, 0.2) is 35.4 Å². The molecule has 0 atom stereocenters. The zero-order chi connectivity index (χ0) is 14.7. The minimum Gasteiger partial charge on any atom is -0.397 e. The summed E-state index contributed by atoms with van der Waals surface area (Å²) in [6.07, 6.45) is 4.24. The molecule has 1 amide bonds. The Morgan fingerprint density at radius 2 is 2.10 bits per heavy atom. The lowest BCUT2D eigenvalue weighted by atomic mass is 10.3. The summed E-state index contributed by atoms with van der Waals surface area (Å²) in [5.41, 5.74) is 7.26. The predicted molar refractivity (Wildman–Crippen MR) is 78.8 cm³/mol. The number of aromatic nitrogens is 2. The first-order valence-electron chi connectivity index (χ1n) is 6.45. The summed E-state index contributed by atoms with van der Waals surface area (Å²) in [6.45, 7) is 2.76. The molecule has 2 aromatic rings. The van der Waals surface area contributed by atoms with Gasteiger partial charge in [0, 0.05) is 32.1 Å². The summed E-state index contributed by atoms with van der Waals surface area (Å²) in [7, 11) is 1.63. The minimum absolute atomic E-state index is 0.124. The van der Waals surface area contributed by atoms with Gasteiger partial charge in [-0.3, -0.25) is 9.59 Å². The van der Waals surface area contributed by atoms with Crippen LogP contribution in [0, 0.1) is 0 Å². The highest BCUT2D eigenvalue weighted by Gasteiger charge is 2.13. The topological polar surface area (TPSA) is 82.1 Å². The maximum Gasteiger partial charge on any atom is 0.272 e. The third-order valence-electron chi connectivity index (χ3n) is 2.96. The molecule has 6 heteroatoms. The number of aryl methyl sites for hydroxylation is 2. The van der Waals surface area contributed by atoms with Crippen LogP contribution in [0.3, 0.4) is 0 Å². The molecular formula is C14H18N4O2. The number of nitrogen functional groups attached to an aromatic ring is 1. The number of amides is 1. The first-order valence-corrected chi connectivity index (χ1v) is 6.45. The van der Waals surface area contributed by atoms with Crippen molar-refractivity contribution in [2.75, 3.05) is 11.1 Å². The van der Waals surface area contributed by atoms with Gasteiger partial charge in [-0.2, -0.15) is 0 Å². The monoisotopic (exact) mass is 274 g/mol. The Morgan fingerprint density at radius 1 is 1.35 bits per heavy atom. The van der Waals surface area contributed by atoms with E-state index in [1.807, 2.05) is 11.5 Å². The number of carbonyl (C=O) groups excluding carboxylic acids is 1. The fraction of sp³-hybridized carbons (Fsp3) is 0.286. The van der Waals surface area contributed by atoms with Crippen LogP contribution in [0.25, 0.3) is 0 Å². The molecule has 6 nitrogen and oxygen atoms in total. The average molecular weight is 274 g/mol. The zero-order valence-electron chi connectivity index (χ0n) is 11.6. The molecule has 0 saturated heterocycles. The molecule has 2 heterocycles. The van der Waals surface area contributed by atoms with Crippen molar-refractivity contribution >= 4 is 17.3 Å². The molecule has 0 bridgehead atoms. The molecule has 0 unspecified atom stereocenters. The number of hydrogen-bond acceptors (Lipinski definition) is 3. The van der Waals surface area contributed by atoms with Crippen LogP contribution >= 0.6 is 0 Å². The first kappa shape index (κ1) is 13.9. The van der Waals surface area contributed by atoms with E-state index in [9.17, 15) is 9.59 Å². The smallest absolute Gasteiger partial charge is 0.272 e. The highest BCUT2D eigenvalue weighted by molar-refractivity contribution is 6.03. The molecule has 0 aliphatic carbocycles. The van der Waals surface area contributed by atoms with E-state index in [4.69, 9.17) is 5.73 Å². The normalized spacial score (nSPS) is 10.5. The van der Waals surface area contributed by atoms with E-state index in [0.29, 0.717) is 17.1 Å². The van der Waals surface area contributed by atoms with E-state index >= 15 is 0 Å². The van der Waals surface area contributed by atoms with Crippen LogP contribution in [-0.2, 0) is 13.6 Å². The molecule has 20 heavy (non-hydrogen) atoms. The number of pyridine rings is 1. The van der Waals surface area contributed by atoms with Gasteiger partial charge < -0.3 is 20.2 Å². The summed E-state index contributed by atoms with van der Waals surface area (Å²) in [6, 6.07) is 4.64. The molecule has 0 spiro atoms. The fourth-order valence-electron chi connectivity index (χ4n) is 2.01. The van der Waals surface area contributed by atoms with Gasteiger partial charge in [0.05, 0.1) is 11.4 Å². The third-order valence-corrected chi connectivity index (χ3v) is 2.96. The molecule has 0 radical (unpaired) electrons. The van der Waals surface area contributed by atoms with Crippen LogP contribution in [0.4, 0.5) is 11.4 Å². The molecule has 0 fully saturated rings. The SMILES string of the molecule is CCCn1cc(N)cc1C(=O)Nc1ccc(=O)n(C)c1. The van der Waals surface area contributed by atoms with Crippen molar-refractivity contribution in [3.8, 4) is 0 Å². The van der Waals surface area contributed by atoms with Crippen LogP contribution in [0.5, 0.6) is 0 Å². The number of hydrogen-bond donors (Lipinski definition) is 2. The Morgan fingerprint density at radius 3 is 2.75 bits per heavy atom. The Hall–Kier alpha value is -2.50. The Bertz CT molecular complexity index is 685. The van der Waals surface area contributed by atoms with Gasteiger partial charge in [0.15, 0.2) is 0 Å². The molecule has 106 valence electrons. The highest BCUT2D eigenvalue weighted by Crippen LogP contribution is 2.13. The third kappa shape index (κ3) is 2.90. The average Bonchev–Trinajstić information content (AvgIpc) is 2.75. The largest absolute Gasteiger partial charge is 0.397 e. The summed E-state index contributed by atoms with van der Waals surface area (Å²) in [5.74, 6) is -0.242. The lowest BCUT2D eigenvalue weighted by Gasteiger charge is -2.09. The van der Waals surface area contributed by atoms with Gasteiger partial charge in [-0.25, -0.2) is 0 Å². The molecular weight excluding hydrogens is 256 g/mol. The number of anilines is 2. The second-order valence-electron chi connectivity index (χ2n) is 4.67. The molecule has 0 saturated carbocycles. The van der Waals surface area contributed by atoms with Crippen LogP contribution in [0.2, 0.25) is 0 Å². The van der Waals surface area contributed by atoms with Crippen LogP contribution in [-0.4, -0.2) is 15.0 Å². The van der Waals surface area contributed by atoms with Gasteiger partial charge in [-0.05, 0) is 18.6 Å². The lowest BCUT2D eigenvalue weighted by Crippen LogP contribution is -2.20. The van der Waals surface area contributed by atoms with E-state index in [0.717, 1.165) is 13.0 Å². The van der Waals surface area contributed by atoms with E-state index < -0.39 is 0 Å². The van der Waals surface area contributed by atoms with Crippen LogP contribution in [0.1, 0.15) is 23.8 Å². The fourth-order valence-corrected chi connectivity index (χ4v) is 2.01. The zero-order valence-corrected chi connectivity index (χ0v) is 11.6. The Labute approximate surface area is 116 Å². The molecule has 2 aromatic heterocycles. The minimum atomic E-state index is -0.242. The van der Waals surface area contributed by atoms with E-state index in [-0.39, 0.29) is 11.5 Å². The Kier molecular flexibility index (Phi) is 3.93. The molecule has 0 aliphatic heterocycles. The number of rotatable bonds is 4. The van der Waals surface area contributed by atoms with E-state index in [1.54, 1.807) is 31.6 Å². The standard InChI is InChI=1S/C14H18N4O2/c1-3-6-18-8-10(15)7-12(18)14(20)16-11-4-5-13(19)17(2)9-11/h4-5,7-9H,3,6,15H2,1-2H3,(H,16,20). The quantitative estimate of drug-likeness (QED) is 0.884. The lowest BCUT2D eigenvalue weighted by molar-refractivity contribution is 0.101. The molecule has 3 N–H and O–H groups in total. The summed E-state index contributed by atoms with van der Waals surface area (Å²) in [5, 5.41) is 2.76. The second kappa shape index (κ2) is 5.64. The summed E-state index contributed by atoms with van der Waals surface area (Å²) < 4.78 is 3.24. The van der Waals surface area contributed by atoms with Crippen molar-refractivity contribution in [3.63, 3.8) is 0 Å². The van der Waals surface area contributed by atoms with Gasteiger partial charge in [0.25, 0.3) is 5.91 Å². The first-order chi connectivity index (χ1) is 9.51. The van der Waals surface area contributed by atoms with Crippen molar-refractivity contribution in [2.45, 2.75) is 19.9 Å². The van der Waals surface area contributed by atoms with Gasteiger partial charge >= 0.3 is 0 Å². The number of nitrogens with zero attached hydrogens (tertiary/aromatic N) is 2. The van der Waals surface area contributed by atoms with Gasteiger partial charge in [-0.15, -0.1) is 0 Å². The maximum absolute atomic E-state index is 12.2. The van der Waals surface area contributed by atoms with Crippen molar-refractivity contribution in [1.29, 1.82) is 0 Å². The van der Waals surface area contributed by atoms with E-state index in [2.05, 4.69) is 5.32 Å². The molecule has 0 aromatic carbocycles. The van der Waals surface area contributed by atoms with Crippen molar-refractivity contribution in [1.82, 2.24) is 9.13 Å². The van der Waals surface area contributed by atoms with Gasteiger partial charge in [0.2, 0.25) is 5.56 Å². The van der Waals surface area contributed by atoms with Gasteiger partial charge in [0.1, 0.15) is 5.69 Å². The van der Waals surface area contributed by atoms with Gasteiger partial charge in [-0.1, -0.05) is 6.92 Å². The van der Waals surface area contributed by atoms with Crippen LogP contribution < -0.4 is 16.6 Å². The van der Waals surface area contributed by atoms with Crippen molar-refractivity contribution < 1.29 is 4.79 Å². The Balaban J connectivity index is 2.23. The highest BCUT2D eigenvalue weighted by atomic mass is 16.2. The predicted octanol–water partition coefficient (Wildman–Crippen LogP) is 1.43. The molecule has 0 aliphatic rings. The second-order valence-corrected chi connectivity index (χ2v) is 4.67. The number of nitrogens with one attached hydrogen (secondary N) is 1. The van der Waals surface area contributed by atoms with Crippen molar-refractivity contribution in [2.24, 2.45) is 7.05 Å². The maximum atomic E-state index is 12.2. The summed E-state index contributed by atoms with van der Waals surface area (Å²) in [4.78, 5) is 23.5. The number of carbonyl (C=O) groups is 1.